The zero-order chi connectivity index (χ0) is 16.1. The first kappa shape index (κ1) is 22.2. The summed E-state index contributed by atoms with van der Waals surface area (Å²) < 4.78 is -1.25. The van der Waals surface area contributed by atoms with Crippen molar-refractivity contribution in [3.8, 4) is 0 Å². The number of halogens is 1. The molecule has 0 aromatic rings. The molecule has 0 N–H and O–H groups in total. The van der Waals surface area contributed by atoms with Crippen molar-refractivity contribution in [1.29, 1.82) is 0 Å². The van der Waals surface area contributed by atoms with Crippen LogP contribution >= 0.6 is 26.3 Å². The summed E-state index contributed by atoms with van der Waals surface area (Å²) in [5, 5.41) is 0. The Bertz CT molecular complexity index is 220. The average molecular weight is 428 g/mol. The third-order valence-electron chi connectivity index (χ3n) is 4.27. The summed E-state index contributed by atoms with van der Waals surface area (Å²) in [6.07, 6.45) is 22.0. The zero-order valence-electron chi connectivity index (χ0n) is 15.4. The van der Waals surface area contributed by atoms with E-state index in [0.717, 1.165) is 0 Å². The molecule has 0 aromatic heterocycles. The van der Waals surface area contributed by atoms with Gasteiger partial charge in [-0.2, -0.15) is 0 Å². The number of unbranched alkanes of at least 4 members (excludes halogenated alkanes) is 13. The molecule has 0 aromatic carbocycles. The van der Waals surface area contributed by atoms with E-state index in [1.54, 1.807) is 0 Å². The van der Waals surface area contributed by atoms with Gasteiger partial charge in [0.2, 0.25) is 0 Å². The van der Waals surface area contributed by atoms with E-state index in [2.05, 4.69) is 49.0 Å². The van der Waals surface area contributed by atoms with Crippen molar-refractivity contribution >= 4 is 26.3 Å². The van der Waals surface area contributed by atoms with Gasteiger partial charge in [-0.25, -0.2) is 0 Å². The van der Waals surface area contributed by atoms with Crippen molar-refractivity contribution in [3.63, 3.8) is 0 Å². The molecule has 0 spiro atoms. The maximum atomic E-state index is 2.74. The molecule has 0 rings (SSSR count). The molecule has 0 nitrogen and oxygen atoms in total. The molecule has 2 heteroatoms. The molecule has 0 radical (unpaired) electrons. The summed E-state index contributed by atoms with van der Waals surface area (Å²) in [4.78, 5) is 0. The van der Waals surface area contributed by atoms with Crippen molar-refractivity contribution in [3.05, 3.63) is 0 Å². The quantitative estimate of drug-likeness (QED) is 0.140. The van der Waals surface area contributed by atoms with Crippen molar-refractivity contribution in [2.75, 3.05) is 26.2 Å². The first-order chi connectivity index (χ1) is 9.81. The molecule has 0 amide bonds. The van der Waals surface area contributed by atoms with Crippen LogP contribution in [0.4, 0.5) is 0 Å². The van der Waals surface area contributed by atoms with Gasteiger partial charge in [-0.3, -0.25) is 0 Å². The zero-order valence-corrected chi connectivity index (χ0v) is 18.5. The monoisotopic (exact) mass is 428 g/mol. The fourth-order valence-electron chi connectivity index (χ4n) is 2.84. The van der Waals surface area contributed by atoms with Crippen LogP contribution in [0.3, 0.4) is 0 Å². The van der Waals surface area contributed by atoms with E-state index >= 15 is 0 Å². The van der Waals surface area contributed by atoms with Crippen LogP contribution in [0.5, 0.6) is 0 Å². The molecular weight excluding hydrogens is 386 g/mol. The van der Waals surface area contributed by atoms with Gasteiger partial charge in [-0.1, -0.05) is 26.2 Å². The van der Waals surface area contributed by atoms with Gasteiger partial charge in [0.1, 0.15) is 0 Å². The van der Waals surface area contributed by atoms with Crippen LogP contribution in [0.2, 0.25) is 0 Å². The molecule has 0 saturated carbocycles. The van der Waals surface area contributed by atoms with Gasteiger partial charge in [0.25, 0.3) is 0 Å². The Kier molecular flexibility index (Phi) is 13.3. The van der Waals surface area contributed by atoms with Crippen LogP contribution in [0, 0.1) is 0 Å². The Hall–Kier alpha value is 1.16. The number of rotatable bonds is 15. The van der Waals surface area contributed by atoms with Crippen molar-refractivity contribution < 1.29 is 0 Å². The Morgan fingerprint density at radius 2 is 0.810 bits per heavy atom. The molecule has 0 heterocycles. The van der Waals surface area contributed by atoms with Crippen LogP contribution in [-0.4, -0.2) is 26.2 Å². The van der Waals surface area contributed by atoms with E-state index in [1.807, 2.05) is 0 Å². The Morgan fingerprint density at radius 3 is 1.10 bits per heavy atom. The molecule has 130 valence electrons. The van der Waals surface area contributed by atoms with E-state index in [4.69, 9.17) is 0 Å². The summed E-state index contributed by atoms with van der Waals surface area (Å²) in [5.41, 5.74) is 0. The van der Waals surface area contributed by atoms with Gasteiger partial charge in [-0.15, -0.1) is 0 Å². The van der Waals surface area contributed by atoms with Gasteiger partial charge < -0.3 is 0 Å². The fraction of sp³-hybridized carbons (Fsp3) is 1.00. The molecular formula is C19H42IP. The molecule has 0 aliphatic heterocycles. The van der Waals surface area contributed by atoms with Crippen molar-refractivity contribution in [1.82, 2.24) is 0 Å². The van der Waals surface area contributed by atoms with E-state index < -0.39 is 4.25 Å². The van der Waals surface area contributed by atoms with E-state index in [0.29, 0.717) is 0 Å². The van der Waals surface area contributed by atoms with Gasteiger partial charge in [-0.05, 0) is 0 Å². The molecule has 0 saturated heterocycles. The first-order valence-electron chi connectivity index (χ1n) is 9.53. The van der Waals surface area contributed by atoms with Crippen LogP contribution < -0.4 is 0 Å². The van der Waals surface area contributed by atoms with E-state index in [1.165, 1.54) is 96.1 Å². The van der Waals surface area contributed by atoms with Gasteiger partial charge in [0.15, 0.2) is 0 Å². The third-order valence-corrected chi connectivity index (χ3v) is 7.54. The fourth-order valence-corrected chi connectivity index (χ4v) is 5.16. The second kappa shape index (κ2) is 12.6. The molecule has 0 fully saturated rings. The Balaban J connectivity index is 3.10. The van der Waals surface area contributed by atoms with Crippen LogP contribution in [0.15, 0.2) is 0 Å². The average Bonchev–Trinajstić information content (AvgIpc) is 2.37. The minimum atomic E-state index is -1.25. The molecule has 0 bridgehead atoms. The summed E-state index contributed by atoms with van der Waals surface area (Å²) in [6.45, 7) is 9.78. The predicted molar refractivity (Wildman–Crippen MR) is 114 cm³/mol. The van der Waals surface area contributed by atoms with E-state index in [9.17, 15) is 0 Å². The first-order valence-corrected chi connectivity index (χ1v) is 16.1. The SMILES string of the molecule is CCCCCCCCCCCCCCCCP(C)(C)(C)I. The maximum absolute atomic E-state index is 2.74. The molecule has 0 atom stereocenters. The van der Waals surface area contributed by atoms with E-state index in [-0.39, 0.29) is 0 Å². The topological polar surface area (TPSA) is 0 Å². The third kappa shape index (κ3) is 21.2. The second-order valence-electron chi connectivity index (χ2n) is 8.24. The van der Waals surface area contributed by atoms with Crippen LogP contribution in [0.25, 0.3) is 0 Å². The minimum absolute atomic E-state index is 1.25. The number of hydrogen-bond donors (Lipinski definition) is 0. The van der Waals surface area contributed by atoms with Crippen molar-refractivity contribution in [2.24, 2.45) is 0 Å². The molecule has 21 heavy (non-hydrogen) atoms. The standard InChI is InChI=1S/C19H42IP/c1-5-6-7-8-9-10-11-12-13-14-15-16-17-18-19-21(2,3,4)20/h5-19H2,1-4H3. The Morgan fingerprint density at radius 1 is 0.524 bits per heavy atom. The molecule has 0 unspecified atom stereocenters. The normalized spacial score (nSPS) is 14.0. The molecule has 0 aliphatic rings. The van der Waals surface area contributed by atoms with Gasteiger partial charge in [0.05, 0.1) is 0 Å². The van der Waals surface area contributed by atoms with Crippen LogP contribution in [0.1, 0.15) is 96.8 Å². The summed E-state index contributed by atoms with van der Waals surface area (Å²) >= 11 is 2.74. The summed E-state index contributed by atoms with van der Waals surface area (Å²) in [6, 6.07) is 0. The molecule has 0 aliphatic carbocycles. The summed E-state index contributed by atoms with van der Waals surface area (Å²) in [5.74, 6) is 0. The van der Waals surface area contributed by atoms with Gasteiger partial charge >= 0.3 is 123 Å². The van der Waals surface area contributed by atoms with Gasteiger partial charge in [0, 0.05) is 0 Å². The predicted octanol–water partition coefficient (Wildman–Crippen LogP) is 8.26. The Labute approximate surface area is 149 Å². The van der Waals surface area contributed by atoms with Crippen LogP contribution in [-0.2, 0) is 0 Å². The second-order valence-corrected chi connectivity index (χ2v) is 25.2. The summed E-state index contributed by atoms with van der Waals surface area (Å²) in [7, 11) is 0. The van der Waals surface area contributed by atoms with Crippen molar-refractivity contribution in [2.45, 2.75) is 96.8 Å². The number of hydrogen-bond acceptors (Lipinski definition) is 0.